The highest BCUT2D eigenvalue weighted by atomic mass is 19.1. The van der Waals surface area contributed by atoms with Gasteiger partial charge in [-0.15, -0.1) is 0 Å². The first-order valence-corrected chi connectivity index (χ1v) is 8.03. The summed E-state index contributed by atoms with van der Waals surface area (Å²) in [6.45, 7) is 1.81. The number of hydrogen-bond donors (Lipinski definition) is 1. The van der Waals surface area contributed by atoms with Gasteiger partial charge in [0, 0.05) is 22.8 Å². The molecule has 0 saturated heterocycles. The second kappa shape index (κ2) is 6.03. The first-order valence-electron chi connectivity index (χ1n) is 8.03. The lowest BCUT2D eigenvalue weighted by Crippen LogP contribution is -2.37. The van der Waals surface area contributed by atoms with Crippen molar-refractivity contribution in [2.24, 2.45) is 4.99 Å². The molecule has 132 valence electrons. The van der Waals surface area contributed by atoms with Crippen LogP contribution in [0.5, 0.6) is 5.75 Å². The topological polar surface area (TPSA) is 53.9 Å². The number of allylic oxidation sites excluding steroid dienone is 1. The number of nitrogens with one attached hydrogen (secondary N) is 1. The van der Waals surface area contributed by atoms with Crippen LogP contribution in [-0.4, -0.2) is 29.9 Å². The first-order chi connectivity index (χ1) is 12.5. The van der Waals surface area contributed by atoms with E-state index in [9.17, 15) is 13.6 Å². The Morgan fingerprint density at radius 2 is 1.88 bits per heavy atom. The summed E-state index contributed by atoms with van der Waals surface area (Å²) in [7, 11) is 1.56. The summed E-state index contributed by atoms with van der Waals surface area (Å²) in [5.41, 5.74) is 5.41. The van der Waals surface area contributed by atoms with Gasteiger partial charge in [0.15, 0.2) is 0 Å². The number of nitrogens with zero attached hydrogens (tertiary/aromatic N) is 2. The molecule has 2 aliphatic heterocycles. The van der Waals surface area contributed by atoms with Crippen molar-refractivity contribution in [3.63, 3.8) is 0 Å². The summed E-state index contributed by atoms with van der Waals surface area (Å²) in [6, 6.07) is 9.68. The molecule has 0 radical (unpaired) electrons. The van der Waals surface area contributed by atoms with E-state index in [2.05, 4.69) is 10.4 Å². The van der Waals surface area contributed by atoms with Crippen LogP contribution in [0.15, 0.2) is 53.2 Å². The highest BCUT2D eigenvalue weighted by Crippen LogP contribution is 2.37. The fraction of sp³-hybridized carbons (Fsp3) is 0.158. The fourth-order valence-corrected chi connectivity index (χ4v) is 3.25. The molecule has 1 unspecified atom stereocenters. The number of benzene rings is 2. The van der Waals surface area contributed by atoms with E-state index in [4.69, 9.17) is 4.74 Å². The number of halogens is 2. The van der Waals surface area contributed by atoms with Crippen LogP contribution in [0.1, 0.15) is 18.1 Å². The minimum absolute atomic E-state index is 0.236. The lowest BCUT2D eigenvalue weighted by atomic mass is 9.94. The van der Waals surface area contributed by atoms with E-state index in [1.807, 2.05) is 6.92 Å². The molecule has 1 N–H and O–H groups in total. The maximum atomic E-state index is 14.4. The van der Waals surface area contributed by atoms with Crippen LogP contribution < -0.4 is 10.2 Å². The van der Waals surface area contributed by atoms with Gasteiger partial charge in [-0.3, -0.25) is 0 Å². The largest absolute Gasteiger partial charge is 0.497 e. The van der Waals surface area contributed by atoms with Crippen molar-refractivity contribution in [1.29, 1.82) is 0 Å². The molecule has 2 amide bonds. The summed E-state index contributed by atoms with van der Waals surface area (Å²) in [5.74, 6) is -0.664. The Labute approximate surface area is 148 Å². The third-order valence-corrected chi connectivity index (χ3v) is 4.44. The summed E-state index contributed by atoms with van der Waals surface area (Å²) < 4.78 is 32.8. The van der Waals surface area contributed by atoms with E-state index < -0.39 is 17.7 Å². The monoisotopic (exact) mass is 355 g/mol. The molecule has 0 spiro atoms. The normalized spacial score (nSPS) is 19.1. The van der Waals surface area contributed by atoms with Crippen LogP contribution in [0.25, 0.3) is 5.57 Å². The van der Waals surface area contributed by atoms with Gasteiger partial charge in [-0.05, 0) is 43.3 Å². The van der Waals surface area contributed by atoms with Crippen molar-refractivity contribution in [3.8, 4) is 5.75 Å². The molecule has 26 heavy (non-hydrogen) atoms. The lowest BCUT2D eigenvalue weighted by molar-refractivity contribution is 0.211. The smallest absolute Gasteiger partial charge is 0.363 e. The Kier molecular flexibility index (Phi) is 3.81. The summed E-state index contributed by atoms with van der Waals surface area (Å²) >= 11 is 0. The quantitative estimate of drug-likeness (QED) is 0.917. The molecule has 7 heteroatoms. The van der Waals surface area contributed by atoms with Gasteiger partial charge in [0.05, 0.1) is 18.8 Å². The molecule has 0 saturated carbocycles. The molecule has 0 fully saturated rings. The predicted octanol–water partition coefficient (Wildman–Crippen LogP) is 3.52. The Morgan fingerprint density at radius 1 is 1.15 bits per heavy atom. The maximum Gasteiger partial charge on any atom is 0.363 e. The molecule has 0 aliphatic carbocycles. The number of hydrogen-bond acceptors (Lipinski definition) is 3. The van der Waals surface area contributed by atoms with Crippen molar-refractivity contribution in [3.05, 3.63) is 70.9 Å². The van der Waals surface area contributed by atoms with Crippen molar-refractivity contribution in [2.45, 2.75) is 13.0 Å². The lowest BCUT2D eigenvalue weighted by Gasteiger charge is -2.12. The van der Waals surface area contributed by atoms with Crippen molar-refractivity contribution in [1.82, 2.24) is 10.4 Å². The van der Waals surface area contributed by atoms with Crippen LogP contribution in [0.2, 0.25) is 0 Å². The Balaban J connectivity index is 1.88. The predicted molar refractivity (Wildman–Crippen MR) is 92.6 cm³/mol. The molecule has 4 rings (SSSR count). The zero-order valence-corrected chi connectivity index (χ0v) is 14.1. The zero-order chi connectivity index (χ0) is 18.4. The summed E-state index contributed by atoms with van der Waals surface area (Å²) in [5, 5.41) is 1.31. The van der Waals surface area contributed by atoms with Crippen LogP contribution in [0, 0.1) is 11.6 Å². The number of rotatable bonds is 3. The molecule has 5 nitrogen and oxygen atoms in total. The molecular formula is C19H15F2N3O2. The second-order valence-electron chi connectivity index (χ2n) is 6.04. The van der Waals surface area contributed by atoms with Gasteiger partial charge in [0.1, 0.15) is 23.1 Å². The fourth-order valence-electron chi connectivity index (χ4n) is 3.25. The van der Waals surface area contributed by atoms with Gasteiger partial charge in [0.25, 0.3) is 0 Å². The average molecular weight is 355 g/mol. The molecule has 1 atom stereocenters. The molecule has 2 aromatic rings. The number of urea groups is 1. The van der Waals surface area contributed by atoms with Gasteiger partial charge in [-0.25, -0.2) is 24.0 Å². The summed E-state index contributed by atoms with van der Waals surface area (Å²) in [6.07, 6.45) is 0. The standard InChI is InChI=1S/C19H15F2N3O2/c1-10-16(14-8-5-12(20)9-15(14)21)18-17(22-19(25)24(18)23-10)11-3-6-13(26-2)7-4-11/h3-10,23H,1-2H3. The zero-order valence-electron chi connectivity index (χ0n) is 14.1. The highest BCUT2D eigenvalue weighted by molar-refractivity contribution is 6.25. The Hall–Kier alpha value is -3.06. The van der Waals surface area contributed by atoms with Crippen LogP contribution in [0.3, 0.4) is 0 Å². The minimum atomic E-state index is -0.684. The van der Waals surface area contributed by atoms with E-state index in [0.717, 1.165) is 6.07 Å². The second-order valence-corrected chi connectivity index (χ2v) is 6.04. The molecule has 2 heterocycles. The number of aliphatic imine (C=N–C) groups is 1. The van der Waals surface area contributed by atoms with Crippen LogP contribution in [0.4, 0.5) is 13.6 Å². The Bertz CT molecular complexity index is 967. The number of amides is 2. The highest BCUT2D eigenvalue weighted by Gasteiger charge is 2.41. The molecule has 0 aromatic heterocycles. The number of carbonyl (C=O) groups is 1. The van der Waals surface area contributed by atoms with E-state index >= 15 is 0 Å². The minimum Gasteiger partial charge on any atom is -0.497 e. The van der Waals surface area contributed by atoms with Gasteiger partial charge in [0.2, 0.25) is 0 Å². The Morgan fingerprint density at radius 3 is 2.54 bits per heavy atom. The molecule has 0 bridgehead atoms. The number of ether oxygens (including phenoxy) is 1. The molecule has 2 aromatic carbocycles. The average Bonchev–Trinajstić information content (AvgIpc) is 3.12. The van der Waals surface area contributed by atoms with Crippen molar-refractivity contribution in [2.75, 3.05) is 7.11 Å². The maximum absolute atomic E-state index is 14.4. The number of hydrazine groups is 1. The van der Waals surface area contributed by atoms with E-state index in [1.165, 1.54) is 17.1 Å². The van der Waals surface area contributed by atoms with Crippen LogP contribution >= 0.6 is 0 Å². The SMILES string of the molecule is COc1ccc(C2=NC(=O)N3NC(C)C(c4ccc(F)cc4F)=C23)cc1. The number of carbonyl (C=O) groups excluding carboxylic acids is 1. The van der Waals surface area contributed by atoms with Crippen LogP contribution in [-0.2, 0) is 0 Å². The molecular weight excluding hydrogens is 340 g/mol. The van der Waals surface area contributed by atoms with Gasteiger partial charge >= 0.3 is 6.03 Å². The third-order valence-electron chi connectivity index (χ3n) is 4.44. The third kappa shape index (κ3) is 2.48. The van der Waals surface area contributed by atoms with Gasteiger partial charge in [-0.2, -0.15) is 4.99 Å². The van der Waals surface area contributed by atoms with Crippen molar-refractivity contribution < 1.29 is 18.3 Å². The first kappa shape index (κ1) is 16.4. The number of methoxy groups -OCH3 is 1. The number of fused-ring (bicyclic) bond motifs is 1. The van der Waals surface area contributed by atoms with Crippen molar-refractivity contribution >= 4 is 17.3 Å². The van der Waals surface area contributed by atoms with Gasteiger partial charge < -0.3 is 4.74 Å². The van der Waals surface area contributed by atoms with E-state index in [-0.39, 0.29) is 11.6 Å². The van der Waals surface area contributed by atoms with E-state index in [0.29, 0.717) is 28.3 Å². The van der Waals surface area contributed by atoms with E-state index in [1.54, 1.807) is 31.4 Å². The summed E-state index contributed by atoms with van der Waals surface area (Å²) in [4.78, 5) is 16.4. The van der Waals surface area contributed by atoms with Gasteiger partial charge in [-0.1, -0.05) is 0 Å². The molecule has 2 aliphatic rings.